The van der Waals surface area contributed by atoms with Gasteiger partial charge in [-0.25, -0.2) is 28.1 Å². The quantitative estimate of drug-likeness (QED) is 0.463. The standard InChI is InChI=1S/C24H29N7O5S/c1-14-10-12-31(24(14,2)3)20-15(21(32)30-37(33,34)18-7-6-11-26-19(18)25)8-9-17(28-20)16-13-27-23(36-5)29-22(16)35-4/h6-9,11,13-14H,10,12H2,1-5H3,(H2,25,26)(H,30,32). The topological polar surface area (TPSA) is 163 Å². The lowest BCUT2D eigenvalue weighted by atomic mass is 9.90. The number of hydrogen-bond donors (Lipinski definition) is 2. The lowest BCUT2D eigenvalue weighted by Crippen LogP contribution is -2.43. The predicted molar refractivity (Wildman–Crippen MR) is 137 cm³/mol. The Labute approximate surface area is 215 Å². The second-order valence-corrected chi connectivity index (χ2v) is 10.8. The lowest BCUT2D eigenvalue weighted by Gasteiger charge is -2.36. The highest BCUT2D eigenvalue weighted by Gasteiger charge is 2.41. The molecule has 1 unspecified atom stereocenters. The number of sulfonamides is 1. The Morgan fingerprint density at radius 3 is 2.54 bits per heavy atom. The van der Waals surface area contributed by atoms with Crippen LogP contribution in [0.25, 0.3) is 11.3 Å². The van der Waals surface area contributed by atoms with Gasteiger partial charge in [-0.3, -0.25) is 4.79 Å². The summed E-state index contributed by atoms with van der Waals surface area (Å²) >= 11 is 0. The van der Waals surface area contributed by atoms with Crippen molar-refractivity contribution in [1.82, 2.24) is 24.7 Å². The van der Waals surface area contributed by atoms with Gasteiger partial charge in [0.15, 0.2) is 0 Å². The van der Waals surface area contributed by atoms with Gasteiger partial charge < -0.3 is 20.1 Å². The van der Waals surface area contributed by atoms with Crippen molar-refractivity contribution in [2.75, 3.05) is 31.4 Å². The van der Waals surface area contributed by atoms with E-state index in [1.54, 1.807) is 6.07 Å². The minimum atomic E-state index is -4.29. The van der Waals surface area contributed by atoms with Crippen LogP contribution in [-0.2, 0) is 10.0 Å². The van der Waals surface area contributed by atoms with E-state index in [4.69, 9.17) is 20.2 Å². The van der Waals surface area contributed by atoms with Crippen LogP contribution < -0.4 is 24.8 Å². The molecule has 0 aromatic carbocycles. The number of amides is 1. The largest absolute Gasteiger partial charge is 0.480 e. The van der Waals surface area contributed by atoms with Crippen molar-refractivity contribution >= 4 is 27.6 Å². The minimum Gasteiger partial charge on any atom is -0.480 e. The van der Waals surface area contributed by atoms with Crippen molar-refractivity contribution in [2.24, 2.45) is 5.92 Å². The highest BCUT2D eigenvalue weighted by Crippen LogP contribution is 2.40. The second-order valence-electron chi connectivity index (χ2n) is 9.16. The molecule has 0 spiro atoms. The molecule has 12 nitrogen and oxygen atoms in total. The van der Waals surface area contributed by atoms with Crippen LogP contribution >= 0.6 is 0 Å². The molecule has 0 radical (unpaired) electrons. The number of anilines is 2. The summed E-state index contributed by atoms with van der Waals surface area (Å²) in [7, 11) is -1.37. The van der Waals surface area contributed by atoms with Crippen molar-refractivity contribution in [3.8, 4) is 23.1 Å². The summed E-state index contributed by atoms with van der Waals surface area (Å²) in [5.74, 6) is -0.183. The average molecular weight is 528 g/mol. The average Bonchev–Trinajstić information content (AvgIpc) is 3.14. The number of carbonyl (C=O) groups is 1. The van der Waals surface area contributed by atoms with Crippen molar-refractivity contribution in [3.05, 3.63) is 42.2 Å². The number of carbonyl (C=O) groups excluding carboxylic acids is 1. The Morgan fingerprint density at radius 2 is 1.92 bits per heavy atom. The molecule has 1 atom stereocenters. The maximum atomic E-state index is 13.4. The first-order chi connectivity index (χ1) is 17.5. The summed E-state index contributed by atoms with van der Waals surface area (Å²) in [6.45, 7) is 6.87. The van der Waals surface area contributed by atoms with Crippen molar-refractivity contribution in [3.63, 3.8) is 0 Å². The molecule has 0 aliphatic carbocycles. The van der Waals surface area contributed by atoms with Gasteiger partial charge in [0.2, 0.25) is 5.88 Å². The van der Waals surface area contributed by atoms with Gasteiger partial charge >= 0.3 is 6.01 Å². The van der Waals surface area contributed by atoms with Crippen LogP contribution in [0, 0.1) is 5.92 Å². The van der Waals surface area contributed by atoms with Crippen molar-refractivity contribution < 1.29 is 22.7 Å². The maximum Gasteiger partial charge on any atom is 0.319 e. The summed E-state index contributed by atoms with van der Waals surface area (Å²) < 4.78 is 38.5. The Bertz CT molecular complexity index is 1450. The number of aromatic nitrogens is 4. The Hall–Kier alpha value is -4.00. The fourth-order valence-corrected chi connectivity index (χ4v) is 5.28. The molecule has 196 valence electrons. The van der Waals surface area contributed by atoms with Gasteiger partial charge in [0.25, 0.3) is 15.9 Å². The lowest BCUT2D eigenvalue weighted by molar-refractivity contribution is 0.0981. The fraction of sp³-hybridized carbons (Fsp3) is 0.375. The first-order valence-corrected chi connectivity index (χ1v) is 13.0. The van der Waals surface area contributed by atoms with E-state index >= 15 is 0 Å². The van der Waals surface area contributed by atoms with Crippen LogP contribution in [-0.4, -0.2) is 60.6 Å². The third-order valence-electron chi connectivity index (χ3n) is 6.76. The van der Waals surface area contributed by atoms with Gasteiger partial charge in [0, 0.05) is 24.5 Å². The molecule has 1 saturated heterocycles. The molecule has 4 heterocycles. The van der Waals surface area contributed by atoms with E-state index in [1.165, 1.54) is 44.8 Å². The summed E-state index contributed by atoms with van der Waals surface area (Å²) in [4.78, 5) is 32.1. The molecular formula is C24H29N7O5S. The third-order valence-corrected chi connectivity index (χ3v) is 8.14. The maximum absolute atomic E-state index is 13.4. The number of ether oxygens (including phenoxy) is 2. The molecule has 0 bridgehead atoms. The Balaban J connectivity index is 1.81. The Kier molecular flexibility index (Phi) is 6.91. The summed E-state index contributed by atoms with van der Waals surface area (Å²) in [5, 5.41) is 0. The van der Waals surface area contributed by atoms with Crippen LogP contribution in [0.4, 0.5) is 11.6 Å². The van der Waals surface area contributed by atoms with E-state index in [9.17, 15) is 13.2 Å². The predicted octanol–water partition coefficient (Wildman–Crippen LogP) is 2.28. The van der Waals surface area contributed by atoms with E-state index in [-0.39, 0.29) is 33.7 Å². The normalized spacial score (nSPS) is 16.9. The zero-order valence-electron chi connectivity index (χ0n) is 21.2. The number of nitrogens with two attached hydrogens (primary N) is 1. The molecule has 1 aliphatic rings. The molecule has 4 rings (SSSR count). The number of nitrogens with one attached hydrogen (secondary N) is 1. The van der Waals surface area contributed by atoms with Crippen LogP contribution in [0.5, 0.6) is 11.9 Å². The summed E-state index contributed by atoms with van der Waals surface area (Å²) in [5.41, 5.74) is 6.40. The zero-order chi connectivity index (χ0) is 27.0. The molecule has 13 heteroatoms. The van der Waals surface area contributed by atoms with Crippen LogP contribution in [0.1, 0.15) is 37.6 Å². The molecule has 1 aliphatic heterocycles. The highest BCUT2D eigenvalue weighted by molar-refractivity contribution is 7.90. The first-order valence-electron chi connectivity index (χ1n) is 11.5. The third kappa shape index (κ3) is 4.86. The van der Waals surface area contributed by atoms with E-state index in [0.29, 0.717) is 29.5 Å². The van der Waals surface area contributed by atoms with Crippen LogP contribution in [0.3, 0.4) is 0 Å². The monoisotopic (exact) mass is 527 g/mol. The van der Waals surface area contributed by atoms with Crippen LogP contribution in [0.2, 0.25) is 0 Å². The second kappa shape index (κ2) is 9.81. The van der Waals surface area contributed by atoms with Gasteiger partial charge in [0.05, 0.1) is 31.0 Å². The first kappa shape index (κ1) is 26.1. The molecule has 1 amide bonds. The number of pyridine rings is 2. The van der Waals surface area contributed by atoms with Gasteiger partial charge in [-0.05, 0) is 50.5 Å². The summed E-state index contributed by atoms with van der Waals surface area (Å²) in [6, 6.07) is 5.95. The van der Waals surface area contributed by atoms with Crippen LogP contribution in [0.15, 0.2) is 41.6 Å². The molecule has 3 N–H and O–H groups in total. The fourth-order valence-electron chi connectivity index (χ4n) is 4.23. The smallest absolute Gasteiger partial charge is 0.319 e. The SMILES string of the molecule is COc1ncc(-c2ccc(C(=O)NS(=O)(=O)c3cccnc3N)c(N3CCC(C)C3(C)C)n2)c(OC)n1. The number of nitrogen functional groups attached to an aromatic ring is 1. The molecule has 37 heavy (non-hydrogen) atoms. The molecule has 3 aromatic rings. The number of rotatable bonds is 7. The summed E-state index contributed by atoms with van der Waals surface area (Å²) in [6.07, 6.45) is 3.76. The minimum absolute atomic E-state index is 0.0883. The molecule has 0 saturated carbocycles. The zero-order valence-corrected chi connectivity index (χ0v) is 22.0. The van der Waals surface area contributed by atoms with Gasteiger partial charge in [-0.15, -0.1) is 0 Å². The van der Waals surface area contributed by atoms with Gasteiger partial charge in [-0.2, -0.15) is 4.98 Å². The van der Waals surface area contributed by atoms with Crippen molar-refractivity contribution in [2.45, 2.75) is 37.6 Å². The molecule has 3 aromatic heterocycles. The number of methoxy groups -OCH3 is 2. The van der Waals surface area contributed by atoms with Gasteiger partial charge in [-0.1, -0.05) is 6.92 Å². The van der Waals surface area contributed by atoms with Crippen molar-refractivity contribution in [1.29, 1.82) is 0 Å². The van der Waals surface area contributed by atoms with E-state index < -0.39 is 15.9 Å². The Morgan fingerprint density at radius 1 is 1.16 bits per heavy atom. The van der Waals surface area contributed by atoms with Gasteiger partial charge in [0.1, 0.15) is 16.5 Å². The molecule has 1 fully saturated rings. The highest BCUT2D eigenvalue weighted by atomic mass is 32.2. The molecular weight excluding hydrogens is 498 g/mol. The van der Waals surface area contributed by atoms with E-state index in [0.717, 1.165) is 6.42 Å². The van der Waals surface area contributed by atoms with E-state index in [1.807, 2.05) is 4.90 Å². The number of hydrogen-bond acceptors (Lipinski definition) is 11. The van der Waals surface area contributed by atoms with E-state index in [2.05, 4.69) is 40.4 Å². The number of nitrogens with zero attached hydrogens (tertiary/aromatic N) is 5.